The minimum Gasteiger partial charge on any atom is -0.475 e. The lowest BCUT2D eigenvalue weighted by Crippen LogP contribution is -2.37. The highest BCUT2D eigenvalue weighted by Gasteiger charge is 2.12. The molecule has 0 aromatic heterocycles. The molecule has 0 aromatic carbocycles. The molecule has 1 aliphatic heterocycles. The maximum absolute atomic E-state index is 5.78. The van der Waals surface area contributed by atoms with E-state index in [-0.39, 0.29) is 6.10 Å². The van der Waals surface area contributed by atoms with Gasteiger partial charge in [-0.05, 0) is 25.8 Å². The molecule has 0 fully saturated rings. The summed E-state index contributed by atoms with van der Waals surface area (Å²) in [5.74, 6) is 0.920. The van der Waals surface area contributed by atoms with Crippen molar-refractivity contribution in [1.82, 2.24) is 10.4 Å². The van der Waals surface area contributed by atoms with E-state index in [9.17, 15) is 0 Å². The highest BCUT2D eigenvalue weighted by atomic mass is 16.5. The van der Waals surface area contributed by atoms with Crippen molar-refractivity contribution in [1.29, 1.82) is 0 Å². The van der Waals surface area contributed by atoms with Crippen LogP contribution in [0.3, 0.4) is 0 Å². The quantitative estimate of drug-likeness (QED) is 0.730. The zero-order valence-corrected chi connectivity index (χ0v) is 9.29. The van der Waals surface area contributed by atoms with Crippen molar-refractivity contribution < 1.29 is 4.74 Å². The van der Waals surface area contributed by atoms with Crippen molar-refractivity contribution in [3.63, 3.8) is 0 Å². The molecular weight excluding hydrogens is 176 g/mol. The van der Waals surface area contributed by atoms with E-state index in [2.05, 4.69) is 26.2 Å². The van der Waals surface area contributed by atoms with E-state index in [1.54, 1.807) is 0 Å². The number of hydrogen-bond donors (Lipinski definition) is 1. The normalized spacial score (nSPS) is 17.4. The molecule has 0 aromatic rings. The topological polar surface area (TPSA) is 24.5 Å². The first-order valence-electron chi connectivity index (χ1n) is 5.35. The van der Waals surface area contributed by atoms with E-state index >= 15 is 0 Å². The minimum absolute atomic E-state index is 0.272. The van der Waals surface area contributed by atoms with Crippen LogP contribution in [0.25, 0.3) is 0 Å². The summed E-state index contributed by atoms with van der Waals surface area (Å²) in [5.41, 5.74) is 3.16. The molecule has 3 nitrogen and oxygen atoms in total. The summed E-state index contributed by atoms with van der Waals surface area (Å²) in [6.07, 6.45) is 8.28. The average Bonchev–Trinajstić information content (AvgIpc) is 2.21. The van der Waals surface area contributed by atoms with Crippen molar-refractivity contribution in [2.45, 2.75) is 39.7 Å². The fourth-order valence-electron chi connectivity index (χ4n) is 1.21. The van der Waals surface area contributed by atoms with Gasteiger partial charge in [0.15, 0.2) is 0 Å². The predicted molar refractivity (Wildman–Crippen MR) is 58.2 cm³/mol. The first kappa shape index (κ1) is 11.0. The van der Waals surface area contributed by atoms with Crippen LogP contribution in [0.4, 0.5) is 0 Å². The Morgan fingerprint density at radius 3 is 2.93 bits per heavy atom. The van der Waals surface area contributed by atoms with E-state index < -0.39 is 0 Å². The molecule has 0 saturated carbocycles. The molecule has 1 rings (SSSR count). The summed E-state index contributed by atoms with van der Waals surface area (Å²) in [7, 11) is 0. The Bertz CT molecular complexity index is 223. The van der Waals surface area contributed by atoms with Crippen LogP contribution in [0.15, 0.2) is 24.2 Å². The number of allylic oxidation sites excluding steroid dienone is 2. The van der Waals surface area contributed by atoms with Crippen LogP contribution >= 0.6 is 0 Å². The van der Waals surface area contributed by atoms with Crippen LogP contribution in [0.2, 0.25) is 0 Å². The molecular formula is C11H20N2O. The Morgan fingerprint density at radius 1 is 1.50 bits per heavy atom. The lowest BCUT2D eigenvalue weighted by molar-refractivity contribution is 0.0419. The van der Waals surface area contributed by atoms with Gasteiger partial charge in [-0.15, -0.1) is 0 Å². The summed E-state index contributed by atoms with van der Waals surface area (Å²) in [6.45, 7) is 7.33. The molecule has 1 heterocycles. The van der Waals surface area contributed by atoms with Crippen LogP contribution in [0, 0.1) is 0 Å². The standard InChI is InChI=1S/C11H20N2O/c1-4-9-13-11(7-6-8-12-13)14-10(3)5-2/h6-8,10,12H,4-5,9H2,1-3H3/t10-/m0/s1. The third-order valence-electron chi connectivity index (χ3n) is 2.18. The Balaban J connectivity index is 2.53. The smallest absolute Gasteiger partial charge is 0.208 e. The molecule has 0 unspecified atom stereocenters. The molecule has 14 heavy (non-hydrogen) atoms. The van der Waals surface area contributed by atoms with E-state index in [0.29, 0.717) is 0 Å². The van der Waals surface area contributed by atoms with Gasteiger partial charge in [0.2, 0.25) is 5.88 Å². The van der Waals surface area contributed by atoms with Gasteiger partial charge in [0.05, 0.1) is 6.10 Å². The Kier molecular flexibility index (Phi) is 4.36. The Labute approximate surface area is 86.4 Å². The second-order valence-corrected chi connectivity index (χ2v) is 3.48. The molecule has 1 N–H and O–H groups in total. The van der Waals surface area contributed by atoms with Gasteiger partial charge in [-0.3, -0.25) is 5.01 Å². The van der Waals surface area contributed by atoms with Gasteiger partial charge in [0.25, 0.3) is 0 Å². The van der Waals surface area contributed by atoms with Crippen LogP contribution < -0.4 is 5.43 Å². The van der Waals surface area contributed by atoms with Crippen molar-refractivity contribution in [2.75, 3.05) is 6.54 Å². The van der Waals surface area contributed by atoms with Crippen molar-refractivity contribution in [2.24, 2.45) is 0 Å². The summed E-state index contributed by atoms with van der Waals surface area (Å²) in [5, 5.41) is 2.03. The van der Waals surface area contributed by atoms with Gasteiger partial charge < -0.3 is 10.2 Å². The number of nitrogens with zero attached hydrogens (tertiary/aromatic N) is 1. The summed E-state index contributed by atoms with van der Waals surface area (Å²) in [6, 6.07) is 0. The van der Waals surface area contributed by atoms with Gasteiger partial charge in [-0.2, -0.15) is 0 Å². The zero-order valence-electron chi connectivity index (χ0n) is 9.29. The highest BCUT2D eigenvalue weighted by Crippen LogP contribution is 2.12. The molecule has 0 amide bonds. The summed E-state index contributed by atoms with van der Waals surface area (Å²) < 4.78 is 5.78. The number of hydrazine groups is 1. The first-order chi connectivity index (χ1) is 6.77. The molecule has 0 bridgehead atoms. The fourth-order valence-corrected chi connectivity index (χ4v) is 1.21. The third-order valence-corrected chi connectivity index (χ3v) is 2.18. The molecule has 0 spiro atoms. The van der Waals surface area contributed by atoms with E-state index in [4.69, 9.17) is 4.74 Å². The maximum atomic E-state index is 5.78. The average molecular weight is 196 g/mol. The van der Waals surface area contributed by atoms with Crippen LogP contribution in [-0.4, -0.2) is 17.7 Å². The molecule has 1 atom stereocenters. The lowest BCUT2D eigenvalue weighted by Gasteiger charge is -2.30. The molecule has 0 aliphatic carbocycles. The van der Waals surface area contributed by atoms with E-state index in [1.165, 1.54) is 0 Å². The largest absolute Gasteiger partial charge is 0.475 e. The number of ether oxygens (including phenoxy) is 1. The summed E-state index contributed by atoms with van der Waals surface area (Å²) in [4.78, 5) is 0. The molecule has 80 valence electrons. The van der Waals surface area contributed by atoms with E-state index in [0.717, 1.165) is 25.3 Å². The minimum atomic E-state index is 0.272. The van der Waals surface area contributed by atoms with Gasteiger partial charge in [-0.1, -0.05) is 13.8 Å². The SMILES string of the molecule is CCCN1NC=CC=C1O[C@@H](C)CC. The lowest BCUT2D eigenvalue weighted by atomic mass is 10.3. The van der Waals surface area contributed by atoms with Gasteiger partial charge in [0, 0.05) is 18.8 Å². The van der Waals surface area contributed by atoms with Crippen LogP contribution in [0.1, 0.15) is 33.6 Å². The summed E-state index contributed by atoms with van der Waals surface area (Å²) >= 11 is 0. The van der Waals surface area contributed by atoms with Gasteiger partial charge in [-0.25, -0.2) is 0 Å². The highest BCUT2D eigenvalue weighted by molar-refractivity contribution is 5.10. The zero-order chi connectivity index (χ0) is 10.4. The van der Waals surface area contributed by atoms with E-state index in [1.807, 2.05) is 23.4 Å². The molecule has 0 saturated heterocycles. The fraction of sp³-hybridized carbons (Fsp3) is 0.636. The van der Waals surface area contributed by atoms with Crippen molar-refractivity contribution in [3.05, 3.63) is 24.2 Å². The Hall–Kier alpha value is -1.12. The van der Waals surface area contributed by atoms with Crippen molar-refractivity contribution >= 4 is 0 Å². The van der Waals surface area contributed by atoms with Gasteiger partial charge in [0.1, 0.15) is 0 Å². The first-order valence-corrected chi connectivity index (χ1v) is 5.35. The van der Waals surface area contributed by atoms with Crippen molar-refractivity contribution in [3.8, 4) is 0 Å². The molecule has 3 heteroatoms. The number of nitrogens with one attached hydrogen (secondary N) is 1. The molecule has 1 aliphatic rings. The molecule has 0 radical (unpaired) electrons. The number of hydrogen-bond acceptors (Lipinski definition) is 3. The number of rotatable bonds is 5. The van der Waals surface area contributed by atoms with Crippen LogP contribution in [0.5, 0.6) is 0 Å². The Morgan fingerprint density at radius 2 is 2.29 bits per heavy atom. The predicted octanol–water partition coefficient (Wildman–Crippen LogP) is 2.39. The second-order valence-electron chi connectivity index (χ2n) is 3.48. The monoisotopic (exact) mass is 196 g/mol. The maximum Gasteiger partial charge on any atom is 0.208 e. The second kappa shape index (κ2) is 5.58. The van der Waals surface area contributed by atoms with Gasteiger partial charge >= 0.3 is 0 Å². The van der Waals surface area contributed by atoms with Crippen LogP contribution in [-0.2, 0) is 4.74 Å². The third kappa shape index (κ3) is 2.98.